The van der Waals surface area contributed by atoms with Gasteiger partial charge in [0.05, 0.1) is 5.52 Å². The van der Waals surface area contributed by atoms with Crippen LogP contribution >= 0.6 is 0 Å². The van der Waals surface area contributed by atoms with Crippen molar-refractivity contribution in [1.29, 1.82) is 0 Å². The van der Waals surface area contributed by atoms with Crippen LogP contribution < -0.4 is 11.1 Å². The molecule has 1 aromatic heterocycles. The lowest BCUT2D eigenvalue weighted by molar-refractivity contribution is -0.121. The van der Waals surface area contributed by atoms with Crippen LogP contribution in [0.3, 0.4) is 0 Å². The van der Waals surface area contributed by atoms with Crippen molar-refractivity contribution in [2.75, 3.05) is 13.1 Å². The minimum Gasteiger partial charge on any atom is -0.356 e. The lowest BCUT2D eigenvalue weighted by atomic mass is 10.3. The molecule has 0 atom stereocenters. The monoisotopic (exact) mass is 278 g/mol. The minimum absolute atomic E-state index is 0.0135. The summed E-state index contributed by atoms with van der Waals surface area (Å²) >= 11 is 0. The zero-order valence-electron chi connectivity index (χ0n) is 11.5. The van der Waals surface area contributed by atoms with Crippen molar-refractivity contribution in [2.45, 2.75) is 19.3 Å². The molecule has 0 fully saturated rings. The molecule has 3 N–H and O–H groups in total. The molecule has 0 unspecified atom stereocenters. The number of hydrogen-bond acceptors (Lipinski definition) is 3. The van der Waals surface area contributed by atoms with Gasteiger partial charge in [-0.3, -0.25) is 4.79 Å². The average molecular weight is 278 g/mol. The first-order valence-corrected chi connectivity index (χ1v) is 6.70. The van der Waals surface area contributed by atoms with E-state index in [9.17, 15) is 9.18 Å². The predicted molar refractivity (Wildman–Crippen MR) is 75.7 cm³/mol. The highest BCUT2D eigenvalue weighted by molar-refractivity contribution is 5.77. The van der Waals surface area contributed by atoms with E-state index in [0.29, 0.717) is 37.9 Å². The Morgan fingerprint density at radius 1 is 1.50 bits per heavy atom. The lowest BCUT2D eigenvalue weighted by Crippen LogP contribution is -2.26. The van der Waals surface area contributed by atoms with Gasteiger partial charge < -0.3 is 15.6 Å². The number of carbonyl (C=O) groups excluding carboxylic acids is 1. The van der Waals surface area contributed by atoms with Gasteiger partial charge in [0.15, 0.2) is 5.82 Å². The van der Waals surface area contributed by atoms with Crippen molar-refractivity contribution in [3.63, 3.8) is 0 Å². The number of para-hydroxylation sites is 1. The molecular formula is C14H19FN4O. The fourth-order valence-corrected chi connectivity index (χ4v) is 2.12. The van der Waals surface area contributed by atoms with E-state index in [0.717, 1.165) is 11.3 Å². The summed E-state index contributed by atoms with van der Waals surface area (Å²) in [4.78, 5) is 15.7. The van der Waals surface area contributed by atoms with Crippen molar-refractivity contribution in [2.24, 2.45) is 12.8 Å². The van der Waals surface area contributed by atoms with Crippen molar-refractivity contribution in [1.82, 2.24) is 14.9 Å². The number of imidazole rings is 1. The number of nitrogens with two attached hydrogens (primary N) is 1. The van der Waals surface area contributed by atoms with Crippen LogP contribution in [0.4, 0.5) is 4.39 Å². The number of amides is 1. The summed E-state index contributed by atoms with van der Waals surface area (Å²) in [5, 5.41) is 2.81. The Hall–Kier alpha value is -1.95. The topological polar surface area (TPSA) is 72.9 Å². The Bertz CT molecular complexity index is 608. The highest BCUT2D eigenvalue weighted by Gasteiger charge is 2.11. The van der Waals surface area contributed by atoms with Crippen LogP contribution in [0.15, 0.2) is 18.2 Å². The Kier molecular flexibility index (Phi) is 4.68. The predicted octanol–water partition coefficient (Wildman–Crippen LogP) is 1.11. The molecule has 5 nitrogen and oxygen atoms in total. The number of aryl methyl sites for hydroxylation is 1. The van der Waals surface area contributed by atoms with Crippen LogP contribution in [0.5, 0.6) is 0 Å². The zero-order chi connectivity index (χ0) is 14.5. The Morgan fingerprint density at radius 2 is 2.30 bits per heavy atom. The number of nitrogens with one attached hydrogen (secondary N) is 1. The summed E-state index contributed by atoms with van der Waals surface area (Å²) in [5.74, 6) is 0.418. The second-order valence-corrected chi connectivity index (χ2v) is 4.69. The maximum Gasteiger partial charge on any atom is 0.220 e. The van der Waals surface area contributed by atoms with Crippen LogP contribution in [0.25, 0.3) is 11.0 Å². The van der Waals surface area contributed by atoms with Gasteiger partial charge in [0, 0.05) is 26.4 Å². The molecule has 1 heterocycles. The summed E-state index contributed by atoms with van der Waals surface area (Å²) in [6, 6.07) is 4.89. The Balaban J connectivity index is 1.98. The largest absolute Gasteiger partial charge is 0.356 e. The molecule has 0 aliphatic carbocycles. The van der Waals surface area contributed by atoms with Crippen LogP contribution in [-0.4, -0.2) is 28.5 Å². The molecule has 0 saturated carbocycles. The summed E-state index contributed by atoms with van der Waals surface area (Å²) in [7, 11) is 1.85. The molecule has 0 bridgehead atoms. The van der Waals surface area contributed by atoms with E-state index in [2.05, 4.69) is 10.3 Å². The highest BCUT2D eigenvalue weighted by atomic mass is 19.1. The Morgan fingerprint density at radius 3 is 3.00 bits per heavy atom. The van der Waals surface area contributed by atoms with E-state index in [1.54, 1.807) is 6.07 Å². The van der Waals surface area contributed by atoms with Gasteiger partial charge in [-0.25, -0.2) is 9.37 Å². The third-order valence-electron chi connectivity index (χ3n) is 3.23. The average Bonchev–Trinajstić information content (AvgIpc) is 2.76. The molecule has 1 aromatic carbocycles. The highest BCUT2D eigenvalue weighted by Crippen LogP contribution is 2.17. The standard InChI is InChI=1S/C14H19FN4O/c1-19-11-5-2-4-10(15)14(11)18-12(19)7-9-17-13(20)6-3-8-16/h2,4-5H,3,6-9,16H2,1H3,(H,17,20). The maximum atomic E-state index is 13.6. The summed E-state index contributed by atoms with van der Waals surface area (Å²) in [5.41, 5.74) is 6.48. The number of rotatable bonds is 6. The fourth-order valence-electron chi connectivity index (χ4n) is 2.12. The van der Waals surface area contributed by atoms with Gasteiger partial charge >= 0.3 is 0 Å². The third kappa shape index (κ3) is 3.14. The van der Waals surface area contributed by atoms with Gasteiger partial charge in [-0.15, -0.1) is 0 Å². The van der Waals surface area contributed by atoms with Crippen molar-refractivity contribution in [3.05, 3.63) is 29.8 Å². The number of carbonyl (C=O) groups is 1. The number of benzene rings is 1. The van der Waals surface area contributed by atoms with Gasteiger partial charge in [0.1, 0.15) is 11.3 Å². The summed E-state index contributed by atoms with van der Waals surface area (Å²) in [6.07, 6.45) is 1.69. The molecule has 108 valence electrons. The van der Waals surface area contributed by atoms with Gasteiger partial charge in [-0.1, -0.05) is 6.07 Å². The number of fused-ring (bicyclic) bond motifs is 1. The van der Waals surface area contributed by atoms with E-state index < -0.39 is 0 Å². The second kappa shape index (κ2) is 6.47. The van der Waals surface area contributed by atoms with Crippen molar-refractivity contribution in [3.8, 4) is 0 Å². The van der Waals surface area contributed by atoms with Crippen LogP contribution in [0, 0.1) is 5.82 Å². The Labute approximate surface area is 117 Å². The van der Waals surface area contributed by atoms with Crippen LogP contribution in [-0.2, 0) is 18.3 Å². The van der Waals surface area contributed by atoms with E-state index >= 15 is 0 Å². The first-order valence-electron chi connectivity index (χ1n) is 6.70. The SMILES string of the molecule is Cn1c(CCNC(=O)CCCN)nc2c(F)cccc21. The number of nitrogens with zero attached hydrogens (tertiary/aromatic N) is 2. The van der Waals surface area contributed by atoms with E-state index in [-0.39, 0.29) is 11.7 Å². The van der Waals surface area contributed by atoms with Crippen LogP contribution in [0.1, 0.15) is 18.7 Å². The fraction of sp³-hybridized carbons (Fsp3) is 0.429. The lowest BCUT2D eigenvalue weighted by Gasteiger charge is -2.05. The summed E-state index contributed by atoms with van der Waals surface area (Å²) in [6.45, 7) is 1.000. The molecule has 0 saturated heterocycles. The van der Waals surface area contributed by atoms with Crippen LogP contribution in [0.2, 0.25) is 0 Å². The number of aromatic nitrogens is 2. The first-order chi connectivity index (χ1) is 9.63. The zero-order valence-corrected chi connectivity index (χ0v) is 11.5. The minimum atomic E-state index is -0.323. The number of hydrogen-bond donors (Lipinski definition) is 2. The van der Waals surface area contributed by atoms with E-state index in [4.69, 9.17) is 5.73 Å². The molecule has 2 rings (SSSR count). The quantitative estimate of drug-likeness (QED) is 0.831. The molecule has 0 aliphatic heterocycles. The number of halogens is 1. The summed E-state index contributed by atoms with van der Waals surface area (Å²) < 4.78 is 15.5. The van der Waals surface area contributed by atoms with Crippen molar-refractivity contribution >= 4 is 16.9 Å². The second-order valence-electron chi connectivity index (χ2n) is 4.69. The molecule has 2 aromatic rings. The molecule has 6 heteroatoms. The molecule has 0 aliphatic rings. The normalized spacial score (nSPS) is 10.9. The molecule has 0 radical (unpaired) electrons. The maximum absolute atomic E-state index is 13.6. The van der Waals surface area contributed by atoms with Gasteiger partial charge in [-0.2, -0.15) is 0 Å². The van der Waals surface area contributed by atoms with Gasteiger partial charge in [0.2, 0.25) is 5.91 Å². The van der Waals surface area contributed by atoms with Gasteiger partial charge in [-0.05, 0) is 25.1 Å². The van der Waals surface area contributed by atoms with E-state index in [1.807, 2.05) is 17.7 Å². The first kappa shape index (κ1) is 14.5. The van der Waals surface area contributed by atoms with Gasteiger partial charge in [0.25, 0.3) is 0 Å². The molecule has 0 spiro atoms. The smallest absolute Gasteiger partial charge is 0.220 e. The third-order valence-corrected chi connectivity index (χ3v) is 3.23. The molecule has 1 amide bonds. The molecule has 20 heavy (non-hydrogen) atoms. The van der Waals surface area contributed by atoms with E-state index in [1.165, 1.54) is 6.07 Å². The van der Waals surface area contributed by atoms with Crippen molar-refractivity contribution < 1.29 is 9.18 Å². The molecular weight excluding hydrogens is 259 g/mol.